The number of hydrogen-bond acceptors (Lipinski definition) is 57. The van der Waals surface area contributed by atoms with Gasteiger partial charge in [-0.2, -0.15) is 0 Å². The van der Waals surface area contributed by atoms with Gasteiger partial charge in [0.15, 0.2) is 62.9 Å². The van der Waals surface area contributed by atoms with Crippen LogP contribution in [-0.2, 0) is 128 Å². The van der Waals surface area contributed by atoms with E-state index in [2.05, 4.69) is 26.6 Å². The molecular weight excluding hydrogens is 1950 g/mol. The first-order chi connectivity index (χ1) is 66.9. The number of hydrogen-bond donors (Lipinski definition) is 36. The van der Waals surface area contributed by atoms with Gasteiger partial charge in [-0.3, -0.25) is 24.0 Å². The normalized spacial score (nSPS) is 48.0. The number of nitrogens with one attached hydrogen (secondary N) is 5. The zero-order valence-corrected chi connectivity index (χ0v) is 76.4. The summed E-state index contributed by atoms with van der Waals surface area (Å²) in [5, 5.41) is 360. The van der Waals surface area contributed by atoms with Gasteiger partial charge in [-0.05, 0) is 6.92 Å². The summed E-state index contributed by atoms with van der Waals surface area (Å²) in [5.41, 5.74) is 0. The Morgan fingerprint density at radius 3 is 1.05 bits per heavy atom. The second-order valence-corrected chi connectivity index (χ2v) is 36.0. The lowest BCUT2D eigenvalue weighted by atomic mass is 9.88. The number of carbonyl (C=O) groups excluding carboxylic acids is 5. The molecule has 142 heavy (non-hydrogen) atoms. The number of carboxylic acid groups (broad SMARTS) is 1. The zero-order chi connectivity index (χ0) is 105. The minimum Gasteiger partial charge on any atom is -0.477 e. The van der Waals surface area contributed by atoms with Crippen molar-refractivity contribution >= 4 is 35.5 Å². The summed E-state index contributed by atoms with van der Waals surface area (Å²) < 4.78 is 125. The Labute approximate surface area is 803 Å². The van der Waals surface area contributed by atoms with Crippen molar-refractivity contribution in [2.24, 2.45) is 0 Å². The van der Waals surface area contributed by atoms with Gasteiger partial charge in [0.2, 0.25) is 29.5 Å². The monoisotopic (exact) mass is 2080 g/mol. The van der Waals surface area contributed by atoms with Gasteiger partial charge < -0.3 is 284 Å². The van der Waals surface area contributed by atoms with Gasteiger partial charge in [-0.15, -0.1) is 0 Å². The minimum absolute atomic E-state index is 0.856. The van der Waals surface area contributed by atoms with Crippen LogP contribution in [0.2, 0.25) is 0 Å². The van der Waals surface area contributed by atoms with Crippen molar-refractivity contribution in [3.05, 3.63) is 0 Å². The highest BCUT2D eigenvalue weighted by Gasteiger charge is 2.64. The Morgan fingerprint density at radius 1 is 0.303 bits per heavy atom. The standard InChI is InChI=1S/C79H131N5O58/c1-18-40(99)51(110)56(115)72(125-18)122-16-34-63(47(106)36(68(119)126-34)81-20(3)93)135-69-37(82-21(4)94)48(107)62(31(14-91)130-69)138-75-59(118)65(139-77-67(55(114)44(103)28(11-88)129-77)141-71-39(84-23(6)96)50(109)60(29(12-89)132-71)136-73-57(116)52(111)42(101)26(9-86)127-73)46(105)32(133-75)15-123-76-66(54(113)43(102)27(10-87)128-76)140-70-38(83-22(5)95)49(108)61(30(13-90)131-70)137-74-58(117)53(112)45(104)33(134-74)17-124-79(78(120)121)7-24(97)35(80-19(2)92)64(142-79)41(100)25(98)8-85/h18,24-77,85-91,97-119H,7-17H2,1-6H3,(H,80,92)(H,81,93)(H,82,94)(H,83,95)(H,84,96)(H,120,121)/t18-,24-,25+,26+,27+,28+,29+,30+,31+,32+,33+,34+,35+,36+,37+,38+,39+,40+,41+,42+,43+,44+,45+,46+,47+,48+,49+,50+,51+,52-,53-,54-,55-,56-,57+,58+,59-,60+,61+,62+,63+,64+,65-,66-,67-,68?,69-,70-,71-,72+,73-,74-,75-,76-,77+,79+/m0/s1. The van der Waals surface area contributed by atoms with E-state index in [1.54, 1.807) is 0 Å². The number of aliphatic carboxylic acids is 1. The molecule has 0 aromatic rings. The van der Waals surface area contributed by atoms with E-state index in [1.165, 1.54) is 6.92 Å². The van der Waals surface area contributed by atoms with Gasteiger partial charge in [-0.25, -0.2) is 4.79 Å². The third kappa shape index (κ3) is 26.0. The van der Waals surface area contributed by atoms with Crippen LogP contribution < -0.4 is 26.6 Å². The second kappa shape index (κ2) is 50.6. The molecule has 0 spiro atoms. The quantitative estimate of drug-likeness (QED) is 0.0273. The van der Waals surface area contributed by atoms with Crippen molar-refractivity contribution in [1.29, 1.82) is 0 Å². The number of aliphatic hydroxyl groups excluding tert-OH is 30. The molecule has 56 atom stereocenters. The Bertz CT molecular complexity index is 4010. The van der Waals surface area contributed by atoms with Crippen LogP contribution in [0.3, 0.4) is 0 Å². The predicted octanol–water partition coefficient (Wildman–Crippen LogP) is -24.0. The van der Waals surface area contributed by atoms with Crippen LogP contribution in [-0.4, -0.2) is 603 Å². The van der Waals surface area contributed by atoms with Crippen LogP contribution in [0.5, 0.6) is 0 Å². The number of ether oxygens (including phenoxy) is 21. The minimum atomic E-state index is -3.11. The van der Waals surface area contributed by atoms with Gasteiger partial charge in [0.05, 0.1) is 84.3 Å². The number of rotatable bonds is 38. The molecule has 11 fully saturated rings. The van der Waals surface area contributed by atoms with Crippen molar-refractivity contribution < 1.29 is 287 Å². The van der Waals surface area contributed by atoms with Crippen LogP contribution in [0.1, 0.15) is 48.0 Å². The molecule has 63 nitrogen and oxygen atoms in total. The first-order valence-electron chi connectivity index (χ1n) is 45.1. The van der Waals surface area contributed by atoms with E-state index in [-0.39, 0.29) is 0 Å². The Kier molecular flexibility index (Phi) is 41.7. The summed E-state index contributed by atoms with van der Waals surface area (Å²) in [5.74, 6) is -9.99. The number of amides is 5. The summed E-state index contributed by atoms with van der Waals surface area (Å²) in [4.78, 5) is 77.5. The van der Waals surface area contributed by atoms with E-state index in [9.17, 15) is 187 Å². The van der Waals surface area contributed by atoms with Gasteiger partial charge in [0, 0.05) is 41.0 Å². The smallest absolute Gasteiger partial charge is 0.364 e. The maximum atomic E-state index is 13.4. The molecule has 0 bridgehead atoms. The predicted molar refractivity (Wildman–Crippen MR) is 436 cm³/mol. The maximum absolute atomic E-state index is 13.4. The summed E-state index contributed by atoms with van der Waals surface area (Å²) in [6.07, 6.45) is -109. The molecule has 1 unspecified atom stereocenters. The topological polar surface area (TPSA) is 984 Å². The molecule has 11 aliphatic heterocycles. The molecule has 11 heterocycles. The molecular formula is C79H131N5O58. The van der Waals surface area contributed by atoms with Crippen LogP contribution in [0.15, 0.2) is 0 Å². The van der Waals surface area contributed by atoms with Crippen molar-refractivity contribution in [3.63, 3.8) is 0 Å². The molecule has 5 amide bonds. The fraction of sp³-hybridized carbons (Fsp3) is 0.924. The third-order valence-corrected chi connectivity index (χ3v) is 25.9. The van der Waals surface area contributed by atoms with E-state index in [4.69, 9.17) is 99.5 Å². The summed E-state index contributed by atoms with van der Waals surface area (Å²) >= 11 is 0. The molecule has 0 radical (unpaired) electrons. The average Bonchev–Trinajstić information content (AvgIpc) is 0.765. The first kappa shape index (κ1) is 117. The summed E-state index contributed by atoms with van der Waals surface area (Å²) in [7, 11) is 0. The zero-order valence-electron chi connectivity index (χ0n) is 76.4. The van der Waals surface area contributed by atoms with Gasteiger partial charge in [-0.1, -0.05) is 0 Å². The van der Waals surface area contributed by atoms with Crippen LogP contribution in [0, 0.1) is 0 Å². The van der Waals surface area contributed by atoms with E-state index in [0.29, 0.717) is 0 Å². The lowest BCUT2D eigenvalue weighted by Crippen LogP contribution is -2.71. The molecule has 0 aliphatic carbocycles. The highest BCUT2D eigenvalue weighted by molar-refractivity contribution is 5.77. The fourth-order valence-electron chi connectivity index (χ4n) is 18.3. The SMILES string of the molecule is CC(=O)N[C@H]1[C@H](O[C@H]2[C@H](O)[C@@H](NC(C)=O)C(O)O[C@@H]2CO[C@@H]2O[C@@H](C)[C@@H](O)[C@@H](O)[C@@H]2O)O[C@H](CO)[C@@H](O[C@@H]2O[C@H](CO[C@H]3O[C@H](CO)[C@@H](O)[C@H](O)[C@@H]3O[C@@H]3O[C@H](CO)[C@@H](O[C@@H]4O[C@H](CO[C@]5(C(=O)O)C[C@H](O)[C@@H](NC(C)=O)[C@H]([C@H](O)[C@H](O)CO)O5)[C@@H](O)[C@H](O)[C@H]4O)[C@H](O)[C@H]3NC(C)=O)[C@@H](O)[C@H](O[C@H]3O[C@H](CO)[C@@H](O)[C@H](O)[C@@H]3O[C@@H]3O[C@H](CO)[C@@H](O[C@@H]4O[C@H](CO)[C@@H](O)[C@H](O)[C@H]4O)[C@H](O)[C@H]3NC(C)=O)[C@@H]2O)[C@@H]1O. The molecule has 36 N–H and O–H groups in total. The molecule has 63 heteroatoms. The number of aliphatic hydroxyl groups is 30. The summed E-state index contributed by atoms with van der Waals surface area (Å²) in [6.45, 7) is -5.99. The van der Waals surface area contributed by atoms with Crippen molar-refractivity contribution in [3.8, 4) is 0 Å². The number of carbonyl (C=O) groups is 6. The van der Waals surface area contributed by atoms with Crippen LogP contribution in [0.4, 0.5) is 0 Å². The number of carboxylic acids is 1. The highest BCUT2D eigenvalue weighted by atomic mass is 16.8. The Hall–Kier alpha value is -5.22. The molecule has 11 rings (SSSR count). The second-order valence-electron chi connectivity index (χ2n) is 36.0. The fourth-order valence-corrected chi connectivity index (χ4v) is 18.3. The van der Waals surface area contributed by atoms with E-state index >= 15 is 0 Å². The molecule has 820 valence electrons. The lowest BCUT2D eigenvalue weighted by Gasteiger charge is -2.51. The average molecular weight is 2080 g/mol. The third-order valence-electron chi connectivity index (χ3n) is 25.9. The van der Waals surface area contributed by atoms with Crippen molar-refractivity contribution in [2.45, 2.75) is 391 Å². The lowest BCUT2D eigenvalue weighted by molar-refractivity contribution is -0.399. The van der Waals surface area contributed by atoms with Gasteiger partial charge >= 0.3 is 5.97 Å². The van der Waals surface area contributed by atoms with Gasteiger partial charge in [0.25, 0.3) is 5.79 Å². The van der Waals surface area contributed by atoms with Crippen molar-refractivity contribution in [2.75, 3.05) is 66.1 Å². The highest BCUT2D eigenvalue weighted by Crippen LogP contribution is 2.43. The van der Waals surface area contributed by atoms with E-state index < -0.39 is 451 Å². The molecule has 0 aromatic heterocycles. The maximum Gasteiger partial charge on any atom is 0.364 e. The first-order valence-corrected chi connectivity index (χ1v) is 45.1. The van der Waals surface area contributed by atoms with Crippen molar-refractivity contribution in [1.82, 2.24) is 26.6 Å². The van der Waals surface area contributed by atoms with E-state index in [1.807, 2.05) is 0 Å². The molecule has 11 aliphatic rings. The van der Waals surface area contributed by atoms with Crippen LogP contribution in [0.25, 0.3) is 0 Å². The molecule has 0 saturated carbocycles. The molecule has 0 aromatic carbocycles. The molecule has 11 saturated heterocycles. The largest absolute Gasteiger partial charge is 0.477 e. The van der Waals surface area contributed by atoms with Crippen LogP contribution >= 0.6 is 0 Å². The Morgan fingerprint density at radius 2 is 0.620 bits per heavy atom. The van der Waals surface area contributed by atoms with Gasteiger partial charge in [0.1, 0.15) is 256 Å². The summed E-state index contributed by atoms with van der Waals surface area (Å²) in [6, 6.07) is -9.69. The Balaban J connectivity index is 0.902. The van der Waals surface area contributed by atoms with E-state index in [0.717, 1.165) is 34.6 Å².